The van der Waals surface area contributed by atoms with Crippen molar-refractivity contribution in [1.82, 2.24) is 4.98 Å². The molecule has 0 amide bonds. The Balaban J connectivity index is 2.35. The zero-order valence-corrected chi connectivity index (χ0v) is 11.0. The number of rotatable bonds is 4. The maximum Gasteiger partial charge on any atom is 0.340 e. The molecule has 1 saturated heterocycles. The van der Waals surface area contributed by atoms with Crippen LogP contribution in [0.25, 0.3) is 0 Å². The van der Waals surface area contributed by atoms with Gasteiger partial charge in [0, 0.05) is 19.2 Å². The average Bonchev–Trinajstić information content (AvgIpc) is 2.27. The number of carbonyl (C=O) groups excluding carboxylic acids is 1. The second-order valence-corrected chi connectivity index (χ2v) is 4.21. The van der Waals surface area contributed by atoms with Crippen LogP contribution >= 0.6 is 0 Å². The number of anilines is 1. The van der Waals surface area contributed by atoms with Gasteiger partial charge >= 0.3 is 5.97 Å². The Hall–Kier alpha value is -1.78. The number of pyridine rings is 1. The van der Waals surface area contributed by atoms with Gasteiger partial charge in [0.1, 0.15) is 0 Å². The molecule has 5 nitrogen and oxygen atoms in total. The lowest BCUT2D eigenvalue weighted by Crippen LogP contribution is -2.38. The first kappa shape index (κ1) is 12.7. The minimum Gasteiger partial charge on any atom is -0.493 e. The third-order valence-electron chi connectivity index (χ3n) is 3.03. The Morgan fingerprint density at radius 3 is 2.72 bits per heavy atom. The monoisotopic (exact) mass is 250 g/mol. The molecule has 0 saturated carbocycles. The van der Waals surface area contributed by atoms with E-state index in [1.165, 1.54) is 6.42 Å². The molecule has 1 aromatic heterocycles. The van der Waals surface area contributed by atoms with Crippen LogP contribution in [0.5, 0.6) is 5.75 Å². The maximum atomic E-state index is 11.8. The van der Waals surface area contributed by atoms with Crippen molar-refractivity contribution < 1.29 is 14.3 Å². The van der Waals surface area contributed by atoms with Crippen LogP contribution in [0, 0.1) is 6.92 Å². The van der Waals surface area contributed by atoms with Gasteiger partial charge in [0.15, 0.2) is 11.6 Å². The van der Waals surface area contributed by atoms with Gasteiger partial charge in [-0.2, -0.15) is 0 Å². The topological polar surface area (TPSA) is 51.7 Å². The predicted octanol–water partition coefficient (Wildman–Crippen LogP) is 1.79. The van der Waals surface area contributed by atoms with Crippen LogP contribution in [0.1, 0.15) is 29.4 Å². The van der Waals surface area contributed by atoms with Gasteiger partial charge in [0.05, 0.1) is 25.0 Å². The summed E-state index contributed by atoms with van der Waals surface area (Å²) >= 11 is 0. The smallest absolute Gasteiger partial charge is 0.340 e. The van der Waals surface area contributed by atoms with E-state index in [0.717, 1.165) is 18.9 Å². The number of nitrogens with zero attached hydrogens (tertiary/aromatic N) is 2. The number of methoxy groups -OCH3 is 1. The van der Waals surface area contributed by atoms with Crippen molar-refractivity contribution in [2.45, 2.75) is 20.3 Å². The minimum absolute atomic E-state index is 0.351. The molecule has 0 spiro atoms. The molecule has 2 heterocycles. The molecule has 1 fully saturated rings. The van der Waals surface area contributed by atoms with E-state index in [1.807, 2.05) is 6.92 Å². The molecule has 0 atom stereocenters. The van der Waals surface area contributed by atoms with Crippen molar-refractivity contribution in [3.05, 3.63) is 17.3 Å². The van der Waals surface area contributed by atoms with E-state index in [9.17, 15) is 4.79 Å². The number of hydrogen-bond donors (Lipinski definition) is 0. The highest BCUT2D eigenvalue weighted by molar-refractivity contribution is 5.91. The molecule has 1 aliphatic heterocycles. The van der Waals surface area contributed by atoms with E-state index >= 15 is 0 Å². The zero-order valence-electron chi connectivity index (χ0n) is 11.0. The summed E-state index contributed by atoms with van der Waals surface area (Å²) in [6.07, 6.45) is 1.17. The Kier molecular flexibility index (Phi) is 3.69. The fourth-order valence-electron chi connectivity index (χ4n) is 1.89. The highest BCUT2D eigenvalue weighted by Gasteiger charge is 2.23. The number of ether oxygens (including phenoxy) is 2. The number of carbonyl (C=O) groups is 1. The van der Waals surface area contributed by atoms with Crippen LogP contribution in [0.2, 0.25) is 0 Å². The Morgan fingerprint density at radius 2 is 2.22 bits per heavy atom. The average molecular weight is 250 g/mol. The molecule has 1 aliphatic rings. The standard InChI is InChI=1S/C13H18N2O3/c1-4-18-13(16)10-8-11(17-3)12(14-9(10)2)15-6-5-7-15/h8H,4-7H2,1-3H3. The Labute approximate surface area is 107 Å². The van der Waals surface area contributed by atoms with Crippen LogP contribution in [-0.4, -0.2) is 37.8 Å². The van der Waals surface area contributed by atoms with E-state index < -0.39 is 0 Å². The SMILES string of the molecule is CCOC(=O)c1cc(OC)c(N2CCC2)nc1C. The predicted molar refractivity (Wildman–Crippen MR) is 68.3 cm³/mol. The summed E-state index contributed by atoms with van der Waals surface area (Å²) in [6.45, 7) is 5.93. The summed E-state index contributed by atoms with van der Waals surface area (Å²) in [7, 11) is 1.59. The van der Waals surface area contributed by atoms with Crippen LogP contribution in [0.4, 0.5) is 5.82 Å². The molecular formula is C13H18N2O3. The van der Waals surface area contributed by atoms with E-state index in [1.54, 1.807) is 20.1 Å². The van der Waals surface area contributed by atoms with Crippen molar-refractivity contribution >= 4 is 11.8 Å². The summed E-state index contributed by atoms with van der Waals surface area (Å²) in [5.74, 6) is 1.09. The van der Waals surface area contributed by atoms with Gasteiger partial charge in [-0.15, -0.1) is 0 Å². The molecule has 0 N–H and O–H groups in total. The fourth-order valence-corrected chi connectivity index (χ4v) is 1.89. The molecule has 0 unspecified atom stereocenters. The lowest BCUT2D eigenvalue weighted by molar-refractivity contribution is 0.0524. The van der Waals surface area contributed by atoms with E-state index in [-0.39, 0.29) is 5.97 Å². The van der Waals surface area contributed by atoms with Gasteiger partial charge in [-0.3, -0.25) is 0 Å². The molecule has 2 rings (SSSR count). The van der Waals surface area contributed by atoms with Crippen LogP contribution in [0.15, 0.2) is 6.07 Å². The second-order valence-electron chi connectivity index (χ2n) is 4.21. The van der Waals surface area contributed by atoms with Crippen LogP contribution < -0.4 is 9.64 Å². The molecule has 0 aliphatic carbocycles. The van der Waals surface area contributed by atoms with Crippen molar-refractivity contribution in [1.29, 1.82) is 0 Å². The first-order valence-electron chi connectivity index (χ1n) is 6.15. The zero-order chi connectivity index (χ0) is 13.1. The van der Waals surface area contributed by atoms with Gasteiger partial charge in [0.2, 0.25) is 0 Å². The summed E-state index contributed by atoms with van der Waals surface area (Å²) in [5, 5.41) is 0. The van der Waals surface area contributed by atoms with Crippen LogP contribution in [-0.2, 0) is 4.74 Å². The van der Waals surface area contributed by atoms with Crippen molar-refractivity contribution in [2.24, 2.45) is 0 Å². The lowest BCUT2D eigenvalue weighted by Gasteiger charge is -2.33. The Bertz CT molecular complexity index is 456. The molecule has 5 heteroatoms. The summed E-state index contributed by atoms with van der Waals surface area (Å²) < 4.78 is 10.3. The Morgan fingerprint density at radius 1 is 1.50 bits per heavy atom. The molecule has 18 heavy (non-hydrogen) atoms. The van der Waals surface area contributed by atoms with Crippen LogP contribution in [0.3, 0.4) is 0 Å². The normalized spacial score (nSPS) is 14.1. The highest BCUT2D eigenvalue weighted by Crippen LogP contribution is 2.31. The van der Waals surface area contributed by atoms with Crippen molar-refractivity contribution in [3.8, 4) is 5.75 Å². The number of hydrogen-bond acceptors (Lipinski definition) is 5. The summed E-state index contributed by atoms with van der Waals surface area (Å²) in [6, 6.07) is 1.72. The molecule has 1 aromatic rings. The van der Waals surface area contributed by atoms with Gasteiger partial charge < -0.3 is 14.4 Å². The number of aromatic nitrogens is 1. The van der Waals surface area contributed by atoms with E-state index in [4.69, 9.17) is 9.47 Å². The van der Waals surface area contributed by atoms with Gasteiger partial charge in [0.25, 0.3) is 0 Å². The third kappa shape index (κ3) is 2.25. The first-order chi connectivity index (χ1) is 8.67. The van der Waals surface area contributed by atoms with E-state index in [2.05, 4.69) is 9.88 Å². The largest absolute Gasteiger partial charge is 0.493 e. The summed E-state index contributed by atoms with van der Waals surface area (Å²) in [5.41, 5.74) is 1.15. The maximum absolute atomic E-state index is 11.8. The molecule has 0 radical (unpaired) electrons. The highest BCUT2D eigenvalue weighted by atomic mass is 16.5. The van der Waals surface area contributed by atoms with Crippen molar-refractivity contribution in [3.63, 3.8) is 0 Å². The first-order valence-corrected chi connectivity index (χ1v) is 6.15. The number of aryl methyl sites for hydroxylation is 1. The quantitative estimate of drug-likeness (QED) is 0.762. The molecule has 0 aromatic carbocycles. The second kappa shape index (κ2) is 5.25. The van der Waals surface area contributed by atoms with Gasteiger partial charge in [-0.05, 0) is 20.3 Å². The van der Waals surface area contributed by atoms with Gasteiger partial charge in [-0.25, -0.2) is 9.78 Å². The minimum atomic E-state index is -0.351. The third-order valence-corrected chi connectivity index (χ3v) is 3.03. The molecular weight excluding hydrogens is 232 g/mol. The van der Waals surface area contributed by atoms with E-state index in [0.29, 0.717) is 23.6 Å². The molecule has 98 valence electrons. The molecule has 0 bridgehead atoms. The lowest BCUT2D eigenvalue weighted by atomic mass is 10.1. The fraction of sp³-hybridized carbons (Fsp3) is 0.538. The summed E-state index contributed by atoms with van der Waals surface area (Å²) in [4.78, 5) is 18.4. The van der Waals surface area contributed by atoms with Gasteiger partial charge in [-0.1, -0.05) is 0 Å². The van der Waals surface area contributed by atoms with Crippen molar-refractivity contribution in [2.75, 3.05) is 31.7 Å². The number of esters is 1.